The average molecular weight is 351 g/mol. The lowest BCUT2D eigenvalue weighted by molar-refractivity contribution is -0.0240. The molecule has 4 aliphatic carbocycles. The van der Waals surface area contributed by atoms with Crippen molar-refractivity contribution in [2.75, 3.05) is 0 Å². The fraction of sp³-hybridized carbons (Fsp3) is 0.682. The minimum Gasteiger partial charge on any atom is -0.310 e. The van der Waals surface area contributed by atoms with Gasteiger partial charge in [-0.3, -0.25) is 0 Å². The maximum absolute atomic E-state index is 11.1. The Morgan fingerprint density at radius 3 is 2.77 bits per heavy atom. The zero-order valence-corrected chi connectivity index (χ0v) is 15.9. The topological polar surface area (TPSA) is 47.2 Å². The van der Waals surface area contributed by atoms with Crippen molar-refractivity contribution in [1.29, 1.82) is 0 Å². The molecule has 0 saturated heterocycles. The lowest BCUT2D eigenvalue weighted by atomic mass is 9.47. The van der Waals surface area contributed by atoms with Crippen LogP contribution < -0.4 is 0 Å². The van der Waals surface area contributed by atoms with Crippen molar-refractivity contribution in [2.24, 2.45) is 33.8 Å². The summed E-state index contributed by atoms with van der Waals surface area (Å²) >= 11 is 0. The van der Waals surface area contributed by atoms with E-state index in [1.54, 1.807) is 5.57 Å². The number of fused-ring (bicyclic) bond motifs is 5. The molecule has 2 fully saturated rings. The second-order valence-electron chi connectivity index (χ2n) is 9.49. The summed E-state index contributed by atoms with van der Waals surface area (Å²) in [6.07, 6.45) is 19.0. The Hall–Kier alpha value is -1.71. The van der Waals surface area contributed by atoms with Gasteiger partial charge in [-0.1, -0.05) is 36.7 Å². The van der Waals surface area contributed by atoms with Gasteiger partial charge in [0.25, 0.3) is 0 Å². The Labute approximate surface area is 155 Å². The van der Waals surface area contributed by atoms with Crippen LogP contribution >= 0.6 is 0 Å². The van der Waals surface area contributed by atoms with Crippen molar-refractivity contribution in [2.45, 2.75) is 64.8 Å². The molecule has 2 saturated carbocycles. The molecule has 138 valence electrons. The molecule has 1 aromatic heterocycles. The zero-order valence-electron chi connectivity index (χ0n) is 15.9. The third-order valence-corrected chi connectivity index (χ3v) is 8.55. The molecule has 0 N–H and O–H groups in total. The van der Waals surface area contributed by atoms with Crippen LogP contribution in [0.5, 0.6) is 0 Å². The lowest BCUT2D eigenvalue weighted by Gasteiger charge is -2.58. The van der Waals surface area contributed by atoms with E-state index in [1.807, 2.05) is 12.5 Å². The molecule has 4 heteroatoms. The standard InChI is InChI=1S/C22H29N3O/c1-21-9-7-16(24-26)13-15(21)3-4-17-18-5-6-20(25-12-11-23-14-25)22(18,2)10-8-19(17)21/h6,11-14,16-19H,3-5,7-10H2,1-2H3. The largest absolute Gasteiger partial charge is 0.310 e. The predicted molar refractivity (Wildman–Crippen MR) is 103 cm³/mol. The number of imidazole rings is 1. The monoisotopic (exact) mass is 351 g/mol. The summed E-state index contributed by atoms with van der Waals surface area (Å²) < 4.78 is 2.25. The summed E-state index contributed by atoms with van der Waals surface area (Å²) in [6.45, 7) is 4.98. The molecule has 0 aliphatic heterocycles. The van der Waals surface area contributed by atoms with E-state index >= 15 is 0 Å². The van der Waals surface area contributed by atoms with Crippen molar-refractivity contribution in [1.82, 2.24) is 9.55 Å². The van der Waals surface area contributed by atoms with Crippen LogP contribution in [-0.2, 0) is 0 Å². The highest BCUT2D eigenvalue weighted by Crippen LogP contribution is 2.66. The molecular formula is C22H29N3O. The Morgan fingerprint density at radius 2 is 2.00 bits per heavy atom. The van der Waals surface area contributed by atoms with Crippen LogP contribution in [-0.4, -0.2) is 15.6 Å². The summed E-state index contributed by atoms with van der Waals surface area (Å²) in [7, 11) is 0. The number of aromatic nitrogens is 2. The van der Waals surface area contributed by atoms with Gasteiger partial charge in [-0.05, 0) is 68.1 Å². The van der Waals surface area contributed by atoms with Crippen molar-refractivity contribution in [3.63, 3.8) is 0 Å². The first-order chi connectivity index (χ1) is 12.6. The Kier molecular flexibility index (Phi) is 3.57. The van der Waals surface area contributed by atoms with Gasteiger partial charge in [0.2, 0.25) is 0 Å². The molecule has 0 radical (unpaired) electrons. The number of allylic oxidation sites excluding steroid dienone is 3. The first kappa shape index (κ1) is 16.5. The third-order valence-electron chi connectivity index (χ3n) is 8.55. The van der Waals surface area contributed by atoms with E-state index in [0.717, 1.165) is 37.0 Å². The van der Waals surface area contributed by atoms with E-state index in [0.29, 0.717) is 5.41 Å². The molecule has 1 heterocycles. The average Bonchev–Trinajstić information content (AvgIpc) is 3.27. The van der Waals surface area contributed by atoms with E-state index in [1.165, 1.54) is 31.4 Å². The highest BCUT2D eigenvalue weighted by Gasteiger charge is 2.57. The fourth-order valence-corrected chi connectivity index (χ4v) is 7.14. The number of hydrogen-bond acceptors (Lipinski definition) is 3. The molecule has 1 aromatic rings. The first-order valence-electron chi connectivity index (χ1n) is 10.3. The van der Waals surface area contributed by atoms with Gasteiger partial charge in [-0.25, -0.2) is 4.98 Å². The summed E-state index contributed by atoms with van der Waals surface area (Å²) in [5.74, 6) is 2.32. The van der Waals surface area contributed by atoms with Gasteiger partial charge in [0.15, 0.2) is 0 Å². The lowest BCUT2D eigenvalue weighted by Crippen LogP contribution is -2.50. The van der Waals surface area contributed by atoms with E-state index in [-0.39, 0.29) is 11.5 Å². The maximum atomic E-state index is 11.1. The molecule has 4 nitrogen and oxygen atoms in total. The summed E-state index contributed by atoms with van der Waals surface area (Å²) in [5, 5.41) is 3.33. The van der Waals surface area contributed by atoms with Gasteiger partial charge in [0, 0.05) is 23.5 Å². The van der Waals surface area contributed by atoms with Crippen LogP contribution in [0.25, 0.3) is 5.70 Å². The van der Waals surface area contributed by atoms with Crippen molar-refractivity contribution < 1.29 is 0 Å². The molecule has 6 unspecified atom stereocenters. The van der Waals surface area contributed by atoms with E-state index in [9.17, 15) is 4.91 Å². The molecule has 0 amide bonds. The SMILES string of the molecule is CC12CCC(N=O)C=C1CCC1C2CCC2(C)C(n3ccnc3)=CCC12. The molecule has 6 atom stereocenters. The number of nitrogens with zero attached hydrogens (tertiary/aromatic N) is 3. The van der Waals surface area contributed by atoms with Crippen LogP contribution in [0.4, 0.5) is 0 Å². The van der Waals surface area contributed by atoms with E-state index < -0.39 is 0 Å². The van der Waals surface area contributed by atoms with E-state index in [2.05, 4.69) is 46.9 Å². The van der Waals surface area contributed by atoms with Crippen LogP contribution in [0, 0.1) is 33.5 Å². The Morgan fingerprint density at radius 1 is 1.15 bits per heavy atom. The molecular weight excluding hydrogens is 322 g/mol. The highest BCUT2D eigenvalue weighted by atomic mass is 16.3. The van der Waals surface area contributed by atoms with Crippen LogP contribution in [0.1, 0.15) is 58.8 Å². The second-order valence-corrected chi connectivity index (χ2v) is 9.49. The Bertz CT molecular complexity index is 779. The maximum Gasteiger partial charge on any atom is 0.110 e. The predicted octanol–water partition coefficient (Wildman–Crippen LogP) is 5.43. The quantitative estimate of drug-likeness (QED) is 0.527. The van der Waals surface area contributed by atoms with Gasteiger partial charge in [0.1, 0.15) is 6.04 Å². The van der Waals surface area contributed by atoms with Crippen LogP contribution in [0.15, 0.2) is 41.6 Å². The molecule has 0 bridgehead atoms. The summed E-state index contributed by atoms with van der Waals surface area (Å²) in [6, 6.07) is -0.0792. The molecule has 4 aliphatic rings. The third kappa shape index (κ3) is 2.10. The minimum atomic E-state index is -0.0792. The van der Waals surface area contributed by atoms with Crippen LogP contribution in [0.2, 0.25) is 0 Å². The van der Waals surface area contributed by atoms with Crippen molar-refractivity contribution in [3.05, 3.63) is 41.4 Å². The van der Waals surface area contributed by atoms with Crippen LogP contribution in [0.3, 0.4) is 0 Å². The van der Waals surface area contributed by atoms with Gasteiger partial charge in [0.05, 0.1) is 6.33 Å². The normalized spacial score (nSPS) is 44.4. The molecule has 0 spiro atoms. The second kappa shape index (κ2) is 5.64. The molecule has 26 heavy (non-hydrogen) atoms. The molecule has 0 aromatic carbocycles. The zero-order chi connectivity index (χ0) is 17.9. The van der Waals surface area contributed by atoms with Gasteiger partial charge in [-0.15, -0.1) is 0 Å². The molecule has 5 rings (SSSR count). The number of hydrogen-bond donors (Lipinski definition) is 0. The number of rotatable bonds is 2. The van der Waals surface area contributed by atoms with Gasteiger partial charge in [-0.2, -0.15) is 4.91 Å². The van der Waals surface area contributed by atoms with Crippen molar-refractivity contribution >= 4 is 5.70 Å². The smallest absolute Gasteiger partial charge is 0.110 e. The van der Waals surface area contributed by atoms with Gasteiger partial charge < -0.3 is 4.57 Å². The number of nitroso groups, excluding NO2 is 1. The van der Waals surface area contributed by atoms with Crippen molar-refractivity contribution in [3.8, 4) is 0 Å². The van der Waals surface area contributed by atoms with Gasteiger partial charge >= 0.3 is 0 Å². The Balaban J connectivity index is 1.46. The van der Waals surface area contributed by atoms with E-state index in [4.69, 9.17) is 0 Å². The minimum absolute atomic E-state index is 0.0792. The first-order valence-corrected chi connectivity index (χ1v) is 10.3. The summed E-state index contributed by atoms with van der Waals surface area (Å²) in [5.41, 5.74) is 3.59. The highest BCUT2D eigenvalue weighted by molar-refractivity contribution is 5.56. The fourth-order valence-electron chi connectivity index (χ4n) is 7.14. The summed E-state index contributed by atoms with van der Waals surface area (Å²) in [4.78, 5) is 15.3.